The lowest BCUT2D eigenvalue weighted by Crippen LogP contribution is -2.74. The molecule has 0 aliphatic carbocycles. The Kier molecular flexibility index (Phi) is 8.99. The van der Waals surface area contributed by atoms with Crippen molar-refractivity contribution in [3.63, 3.8) is 0 Å². The van der Waals surface area contributed by atoms with Gasteiger partial charge in [0.25, 0.3) is 5.91 Å². The number of amides is 2. The van der Waals surface area contributed by atoms with Gasteiger partial charge in [0.1, 0.15) is 16.8 Å². The van der Waals surface area contributed by atoms with Crippen molar-refractivity contribution in [1.29, 1.82) is 0 Å². The van der Waals surface area contributed by atoms with Gasteiger partial charge in [-0.15, -0.1) is 16.9 Å². The molecule has 17 nitrogen and oxygen atoms in total. The van der Waals surface area contributed by atoms with Gasteiger partial charge >= 0.3 is 11.9 Å². The number of aliphatic carboxylic acids is 2. The second-order valence-electron chi connectivity index (χ2n) is 9.26. The van der Waals surface area contributed by atoms with E-state index in [0.717, 1.165) is 23.3 Å². The number of carboxylic acid groups (broad SMARTS) is 2. The second-order valence-corrected chi connectivity index (χ2v) is 12.5. The normalized spacial score (nSPS) is 21.6. The molecule has 21 heteroatoms. The van der Waals surface area contributed by atoms with E-state index in [9.17, 15) is 24.3 Å². The van der Waals surface area contributed by atoms with Crippen molar-refractivity contribution in [2.45, 2.75) is 29.5 Å². The molecule has 1 aromatic carbocycles. The predicted molar refractivity (Wildman–Crippen MR) is 154 cm³/mol. The number of hydrogen-bond acceptors (Lipinski definition) is 15. The van der Waals surface area contributed by atoms with Gasteiger partial charge in [0, 0.05) is 34.6 Å². The molecule has 2 aliphatic rings. The van der Waals surface area contributed by atoms with E-state index in [1.165, 1.54) is 21.3 Å². The van der Waals surface area contributed by atoms with Crippen LogP contribution >= 0.6 is 46.7 Å². The number of hydrogen-bond donors (Lipinski definition) is 4. The van der Waals surface area contributed by atoms with Crippen molar-refractivity contribution in [2.75, 3.05) is 23.8 Å². The number of oxime groups is 1. The van der Waals surface area contributed by atoms with Gasteiger partial charge in [-0.25, -0.2) is 4.68 Å². The first-order valence-electron chi connectivity index (χ1n) is 12.2. The van der Waals surface area contributed by atoms with Crippen LogP contribution in [0.2, 0.25) is 5.02 Å². The number of aromatic nitrogens is 6. The molecule has 3 aromatic rings. The SMILES string of the molecule is Nc1nc(C(=NOc2ccc(Cl)cc2)C(=O)NC2C(=O)N3CC(CSc4nnnn4CCC(=O)O)(C(=O)O)CS[C@H]23)ns1. The number of benzene rings is 1. The summed E-state index contributed by atoms with van der Waals surface area (Å²) >= 11 is 9.00. The van der Waals surface area contributed by atoms with E-state index in [0.29, 0.717) is 5.02 Å². The van der Waals surface area contributed by atoms with E-state index in [4.69, 9.17) is 27.3 Å². The topological polar surface area (TPSA) is 241 Å². The number of carbonyl (C=O) groups is 4. The van der Waals surface area contributed by atoms with Gasteiger partial charge in [-0.2, -0.15) is 9.36 Å². The van der Waals surface area contributed by atoms with Crippen LogP contribution in [-0.4, -0.2) is 104 Å². The van der Waals surface area contributed by atoms with Gasteiger partial charge in [-0.05, 0) is 34.7 Å². The highest BCUT2D eigenvalue weighted by atomic mass is 35.5. The summed E-state index contributed by atoms with van der Waals surface area (Å²) in [4.78, 5) is 60.4. The van der Waals surface area contributed by atoms with Crippen LogP contribution in [0.1, 0.15) is 12.2 Å². The number of aryl methyl sites for hydroxylation is 1. The molecule has 43 heavy (non-hydrogen) atoms. The number of nitrogens with one attached hydrogen (secondary N) is 1. The summed E-state index contributed by atoms with van der Waals surface area (Å²) in [5, 5.41) is 37.0. The molecule has 5 N–H and O–H groups in total. The van der Waals surface area contributed by atoms with E-state index < -0.39 is 40.6 Å². The summed E-state index contributed by atoms with van der Waals surface area (Å²) in [5.41, 5.74) is 4.02. The number of nitrogen functional groups attached to an aromatic ring is 1. The molecule has 226 valence electrons. The van der Waals surface area contributed by atoms with E-state index in [2.05, 4.69) is 35.4 Å². The van der Waals surface area contributed by atoms with E-state index in [-0.39, 0.29) is 58.6 Å². The fourth-order valence-electron chi connectivity index (χ4n) is 4.07. The van der Waals surface area contributed by atoms with Gasteiger partial charge < -0.3 is 31.0 Å². The number of fused-ring (bicyclic) bond motifs is 1. The van der Waals surface area contributed by atoms with Gasteiger partial charge in [-0.3, -0.25) is 19.2 Å². The zero-order valence-corrected chi connectivity index (χ0v) is 24.9. The fourth-order valence-corrected chi connectivity index (χ4v) is 7.39. The Morgan fingerprint density at radius 1 is 1.28 bits per heavy atom. The first-order valence-corrected chi connectivity index (χ1v) is 15.4. The first kappa shape index (κ1) is 30.4. The zero-order valence-electron chi connectivity index (χ0n) is 21.7. The molecular weight excluding hydrogens is 648 g/mol. The maximum Gasteiger partial charge on any atom is 0.313 e. The average molecular weight is 669 g/mol. The number of β-lactam (4-membered cyclic amide) rings is 1. The third-order valence-corrected chi connectivity index (χ3v) is 9.95. The number of carbonyl (C=O) groups excluding carboxylic acids is 2. The highest BCUT2D eigenvalue weighted by molar-refractivity contribution is 8.00. The highest BCUT2D eigenvalue weighted by Crippen LogP contribution is 2.44. The summed E-state index contributed by atoms with van der Waals surface area (Å²) in [5.74, 6) is -3.08. The number of carboxylic acids is 2. The minimum atomic E-state index is -1.35. The Labute approximate surface area is 259 Å². The molecule has 0 spiro atoms. The molecule has 2 fully saturated rings. The molecule has 3 atom stereocenters. The summed E-state index contributed by atoms with van der Waals surface area (Å²) in [7, 11) is 0. The first-order chi connectivity index (χ1) is 20.6. The summed E-state index contributed by atoms with van der Waals surface area (Å²) in [6.45, 7) is -0.0910. The lowest BCUT2D eigenvalue weighted by Gasteiger charge is -2.53. The van der Waals surface area contributed by atoms with Crippen molar-refractivity contribution >= 4 is 81.3 Å². The van der Waals surface area contributed by atoms with Crippen LogP contribution in [0.25, 0.3) is 0 Å². The van der Waals surface area contributed by atoms with Gasteiger partial charge in [0.15, 0.2) is 10.9 Å². The third-order valence-electron chi connectivity index (χ3n) is 6.32. The maximum atomic E-state index is 13.3. The van der Waals surface area contributed by atoms with Crippen LogP contribution in [0.5, 0.6) is 5.75 Å². The van der Waals surface area contributed by atoms with Crippen molar-refractivity contribution in [3.05, 3.63) is 35.1 Å². The summed E-state index contributed by atoms with van der Waals surface area (Å²) < 4.78 is 5.31. The number of nitrogens with zero attached hydrogens (tertiary/aromatic N) is 8. The third kappa shape index (κ3) is 6.65. The standard InChI is InChI=1S/C22H21ClN10O7S3/c23-10-1-3-11(4-2-10)40-28-13(15-26-20(24)43-29-15)16(36)25-14-17(37)32-7-22(19(38)39,8-41-18(14)32)9-42-21-27-30-31-33(21)6-5-12(34)35/h1-4,14,18H,5-9H2,(H,25,36)(H,34,35)(H,38,39)(H2,24,26,29)/t14?,18-,22?/m1/s1. The van der Waals surface area contributed by atoms with Crippen molar-refractivity contribution in [2.24, 2.45) is 10.6 Å². The lowest BCUT2D eigenvalue weighted by molar-refractivity contribution is -0.157. The zero-order chi connectivity index (χ0) is 30.7. The summed E-state index contributed by atoms with van der Waals surface area (Å²) in [6.07, 6.45) is -0.207. The monoisotopic (exact) mass is 668 g/mol. The predicted octanol–water partition coefficient (Wildman–Crippen LogP) is 0.281. The largest absolute Gasteiger partial charge is 0.481 e. The van der Waals surface area contributed by atoms with Crippen LogP contribution in [0.3, 0.4) is 0 Å². The second kappa shape index (κ2) is 12.7. The number of nitrogens with two attached hydrogens (primary N) is 1. The number of anilines is 1. The van der Waals surface area contributed by atoms with Crippen molar-refractivity contribution in [3.8, 4) is 5.75 Å². The lowest BCUT2D eigenvalue weighted by atomic mass is 9.89. The summed E-state index contributed by atoms with van der Waals surface area (Å²) in [6, 6.07) is 5.27. The molecule has 0 radical (unpaired) electrons. The molecular formula is C22H21ClN10O7S3. The van der Waals surface area contributed by atoms with E-state index in [1.807, 2.05) is 0 Å². The molecule has 0 bridgehead atoms. The fraction of sp³-hybridized carbons (Fsp3) is 0.364. The Balaban J connectivity index is 1.25. The highest BCUT2D eigenvalue weighted by Gasteiger charge is 2.57. The van der Waals surface area contributed by atoms with Crippen LogP contribution < -0.4 is 15.9 Å². The van der Waals surface area contributed by atoms with Crippen molar-refractivity contribution in [1.82, 2.24) is 39.8 Å². The quantitative estimate of drug-likeness (QED) is 0.0877. The number of rotatable bonds is 12. The molecule has 2 aromatic heterocycles. The Morgan fingerprint density at radius 2 is 2.05 bits per heavy atom. The van der Waals surface area contributed by atoms with E-state index >= 15 is 0 Å². The van der Waals surface area contributed by atoms with Crippen molar-refractivity contribution < 1.29 is 34.2 Å². The number of thioether (sulfide) groups is 2. The molecule has 2 unspecified atom stereocenters. The van der Waals surface area contributed by atoms with Crippen LogP contribution in [0, 0.1) is 5.41 Å². The molecule has 5 rings (SSSR count). The molecule has 2 aliphatic heterocycles. The number of halogens is 1. The van der Waals surface area contributed by atoms with E-state index in [1.54, 1.807) is 24.3 Å². The van der Waals surface area contributed by atoms with Crippen LogP contribution in [-0.2, 0) is 25.7 Å². The van der Waals surface area contributed by atoms with Crippen LogP contribution in [0.15, 0.2) is 34.6 Å². The van der Waals surface area contributed by atoms with Gasteiger partial charge in [-0.1, -0.05) is 28.5 Å². The van der Waals surface area contributed by atoms with Gasteiger partial charge in [0.05, 0.1) is 13.0 Å². The Bertz CT molecular complexity index is 1590. The smallest absolute Gasteiger partial charge is 0.313 e. The molecule has 2 amide bonds. The van der Waals surface area contributed by atoms with Crippen LogP contribution in [0.4, 0.5) is 5.13 Å². The Hall–Kier alpha value is -4.01. The van der Waals surface area contributed by atoms with Gasteiger partial charge in [0.2, 0.25) is 22.6 Å². The maximum absolute atomic E-state index is 13.3. The number of tetrazole rings is 1. The molecule has 4 heterocycles. The average Bonchev–Trinajstić information content (AvgIpc) is 3.63. The Morgan fingerprint density at radius 3 is 2.72 bits per heavy atom. The molecule has 0 saturated carbocycles. The minimum Gasteiger partial charge on any atom is -0.481 e. The molecule has 2 saturated heterocycles. The minimum absolute atomic E-state index is 0.0199.